The van der Waals surface area contributed by atoms with E-state index in [1.165, 1.54) is 18.2 Å². The molecule has 2 aromatic carbocycles. The summed E-state index contributed by atoms with van der Waals surface area (Å²) in [5.41, 5.74) is 0.724. The van der Waals surface area contributed by atoms with Gasteiger partial charge in [-0.3, -0.25) is 10.1 Å². The Morgan fingerprint density at radius 3 is 2.44 bits per heavy atom. The van der Waals surface area contributed by atoms with E-state index < -0.39 is 11.9 Å². The first-order valence-electron chi connectivity index (χ1n) is 7.26. The number of aromatic carboxylic acids is 1. The van der Waals surface area contributed by atoms with Crippen LogP contribution >= 0.6 is 23.8 Å². The number of rotatable bonds is 5. The van der Waals surface area contributed by atoms with Crippen LogP contribution in [0.2, 0.25) is 5.02 Å². The zero-order chi connectivity index (χ0) is 18.4. The Hall–Kier alpha value is -2.64. The monoisotopic (exact) mass is 377 g/mol. The number of carbonyl (C=O) groups excluding carboxylic acids is 2. The van der Waals surface area contributed by atoms with E-state index in [1.807, 2.05) is 6.92 Å². The summed E-state index contributed by atoms with van der Waals surface area (Å²) < 4.78 is 5.31. The van der Waals surface area contributed by atoms with Crippen molar-refractivity contribution < 1.29 is 19.4 Å². The highest BCUT2D eigenvalue weighted by Crippen LogP contribution is 2.20. The molecule has 0 aliphatic rings. The second-order valence-corrected chi connectivity index (χ2v) is 5.66. The van der Waals surface area contributed by atoms with Crippen molar-refractivity contribution in [3.05, 3.63) is 58.6 Å². The molecule has 0 aliphatic heterocycles. The Kier molecular flexibility index (Phi) is 6.32. The minimum Gasteiger partial charge on any atom is -0.545 e. The van der Waals surface area contributed by atoms with E-state index in [0.717, 1.165) is 0 Å². The van der Waals surface area contributed by atoms with Gasteiger partial charge in [0.25, 0.3) is 5.91 Å². The van der Waals surface area contributed by atoms with Crippen LogP contribution in [0.4, 0.5) is 5.69 Å². The van der Waals surface area contributed by atoms with Gasteiger partial charge in [0, 0.05) is 16.8 Å². The zero-order valence-electron chi connectivity index (χ0n) is 13.2. The van der Waals surface area contributed by atoms with Crippen LogP contribution in [-0.2, 0) is 0 Å². The Morgan fingerprint density at radius 1 is 1.20 bits per heavy atom. The summed E-state index contributed by atoms with van der Waals surface area (Å²) in [6.07, 6.45) is 0. The van der Waals surface area contributed by atoms with Crippen LogP contribution in [0.15, 0.2) is 42.5 Å². The van der Waals surface area contributed by atoms with Crippen molar-refractivity contribution in [3.63, 3.8) is 0 Å². The van der Waals surface area contributed by atoms with E-state index in [0.29, 0.717) is 23.6 Å². The van der Waals surface area contributed by atoms with Gasteiger partial charge in [-0.1, -0.05) is 11.6 Å². The smallest absolute Gasteiger partial charge is 0.257 e. The lowest BCUT2D eigenvalue weighted by Gasteiger charge is -2.12. The van der Waals surface area contributed by atoms with Crippen LogP contribution in [0.5, 0.6) is 5.75 Å². The third-order valence-corrected chi connectivity index (χ3v) is 3.62. The molecule has 0 aliphatic carbocycles. The maximum absolute atomic E-state index is 12.1. The normalized spacial score (nSPS) is 10.0. The molecule has 0 bridgehead atoms. The Balaban J connectivity index is 1.98. The molecule has 0 atom stereocenters. The second-order valence-electron chi connectivity index (χ2n) is 4.85. The Morgan fingerprint density at radius 2 is 1.88 bits per heavy atom. The van der Waals surface area contributed by atoms with Crippen LogP contribution < -0.4 is 20.5 Å². The minimum absolute atomic E-state index is 0.00522. The van der Waals surface area contributed by atoms with E-state index in [4.69, 9.17) is 28.6 Å². The average molecular weight is 378 g/mol. The molecule has 0 saturated heterocycles. The van der Waals surface area contributed by atoms with Gasteiger partial charge in [0.2, 0.25) is 0 Å². The molecule has 0 unspecified atom stereocenters. The number of nitrogens with one attached hydrogen (secondary N) is 2. The predicted octanol–water partition coefficient (Wildman–Crippen LogP) is 2.23. The van der Waals surface area contributed by atoms with Gasteiger partial charge in [0.1, 0.15) is 5.75 Å². The van der Waals surface area contributed by atoms with Crippen LogP contribution in [0.1, 0.15) is 27.6 Å². The van der Waals surface area contributed by atoms with Gasteiger partial charge >= 0.3 is 0 Å². The number of carbonyl (C=O) groups is 2. The molecule has 0 spiro atoms. The minimum atomic E-state index is -1.37. The molecule has 130 valence electrons. The van der Waals surface area contributed by atoms with E-state index in [2.05, 4.69) is 10.6 Å². The molecular formula is C17H14ClN2O4S-. The highest BCUT2D eigenvalue weighted by Gasteiger charge is 2.09. The van der Waals surface area contributed by atoms with Gasteiger partial charge in [0.15, 0.2) is 5.11 Å². The molecule has 0 fully saturated rings. The molecule has 8 heteroatoms. The predicted molar refractivity (Wildman–Crippen MR) is 97.1 cm³/mol. The molecule has 1 amide bonds. The lowest BCUT2D eigenvalue weighted by molar-refractivity contribution is -0.255. The summed E-state index contributed by atoms with van der Waals surface area (Å²) in [5, 5.41) is 16.2. The fourth-order valence-corrected chi connectivity index (χ4v) is 2.43. The number of carboxylic acids is 1. The standard InChI is InChI=1S/C17H15ClN2O4S/c1-2-24-12-6-3-10(4-7-12)15(21)20-17(25)19-11-5-8-13(16(22)23)14(18)9-11/h3-9H,2H2,1H3,(H,22,23)(H2,19,20,21,25)/p-1. The van der Waals surface area contributed by atoms with Crippen molar-refractivity contribution in [2.75, 3.05) is 11.9 Å². The van der Waals surface area contributed by atoms with Crippen molar-refractivity contribution >= 4 is 46.5 Å². The molecule has 0 heterocycles. The Bertz CT molecular complexity index is 809. The molecule has 0 aromatic heterocycles. The highest BCUT2D eigenvalue weighted by atomic mass is 35.5. The number of hydrogen-bond acceptors (Lipinski definition) is 5. The lowest BCUT2D eigenvalue weighted by atomic mass is 10.2. The van der Waals surface area contributed by atoms with Crippen LogP contribution in [0.25, 0.3) is 0 Å². The molecule has 2 N–H and O–H groups in total. The van der Waals surface area contributed by atoms with Crippen molar-refractivity contribution in [1.29, 1.82) is 0 Å². The van der Waals surface area contributed by atoms with Gasteiger partial charge in [-0.25, -0.2) is 0 Å². The summed E-state index contributed by atoms with van der Waals surface area (Å²) in [6, 6.07) is 10.7. The number of halogens is 1. The second kappa shape index (κ2) is 8.46. The van der Waals surface area contributed by atoms with Crippen molar-refractivity contribution in [3.8, 4) is 5.75 Å². The summed E-state index contributed by atoms with van der Waals surface area (Å²) in [4.78, 5) is 22.9. The molecule has 6 nitrogen and oxygen atoms in total. The van der Waals surface area contributed by atoms with Crippen molar-refractivity contribution in [2.24, 2.45) is 0 Å². The van der Waals surface area contributed by atoms with E-state index in [9.17, 15) is 14.7 Å². The molecule has 2 aromatic rings. The Labute approximate surface area is 154 Å². The first-order chi connectivity index (χ1) is 11.9. The number of ether oxygens (including phenoxy) is 1. The van der Waals surface area contributed by atoms with Crippen molar-refractivity contribution in [1.82, 2.24) is 5.32 Å². The number of thiocarbonyl (C=S) groups is 1. The molecule has 2 rings (SSSR count). The van der Waals surface area contributed by atoms with Crippen LogP contribution in [0, 0.1) is 0 Å². The molecule has 0 saturated carbocycles. The van der Waals surface area contributed by atoms with E-state index in [-0.39, 0.29) is 15.7 Å². The first kappa shape index (κ1) is 18.7. The molecular weight excluding hydrogens is 364 g/mol. The quantitative estimate of drug-likeness (QED) is 0.776. The lowest BCUT2D eigenvalue weighted by Crippen LogP contribution is -2.34. The van der Waals surface area contributed by atoms with Gasteiger partial charge in [-0.15, -0.1) is 0 Å². The number of amides is 1. The number of carboxylic acid groups (broad SMARTS) is 1. The van der Waals surface area contributed by atoms with Gasteiger partial charge in [-0.05, 0) is 61.6 Å². The van der Waals surface area contributed by atoms with E-state index >= 15 is 0 Å². The first-order valence-corrected chi connectivity index (χ1v) is 8.05. The topological polar surface area (TPSA) is 90.5 Å². The van der Waals surface area contributed by atoms with E-state index in [1.54, 1.807) is 24.3 Å². The third kappa shape index (κ3) is 5.17. The van der Waals surface area contributed by atoms with Gasteiger partial charge < -0.3 is 20.0 Å². The van der Waals surface area contributed by atoms with Gasteiger partial charge in [-0.2, -0.15) is 0 Å². The zero-order valence-corrected chi connectivity index (χ0v) is 14.7. The fourth-order valence-electron chi connectivity index (χ4n) is 1.97. The largest absolute Gasteiger partial charge is 0.545 e. The van der Waals surface area contributed by atoms with Crippen molar-refractivity contribution in [2.45, 2.75) is 6.92 Å². The number of hydrogen-bond donors (Lipinski definition) is 2. The van der Waals surface area contributed by atoms with Gasteiger partial charge in [0.05, 0.1) is 17.6 Å². The molecule has 25 heavy (non-hydrogen) atoms. The maximum atomic E-state index is 12.1. The third-order valence-electron chi connectivity index (χ3n) is 3.10. The maximum Gasteiger partial charge on any atom is 0.257 e. The fraction of sp³-hybridized carbons (Fsp3) is 0.118. The van der Waals surface area contributed by atoms with Crippen LogP contribution in [0.3, 0.4) is 0 Å². The highest BCUT2D eigenvalue weighted by molar-refractivity contribution is 7.80. The van der Waals surface area contributed by atoms with Crippen LogP contribution in [-0.4, -0.2) is 23.6 Å². The molecule has 0 radical (unpaired) electrons. The average Bonchev–Trinajstić information content (AvgIpc) is 2.55. The summed E-state index contributed by atoms with van der Waals surface area (Å²) >= 11 is 10.9. The number of benzene rings is 2. The SMILES string of the molecule is CCOc1ccc(C(=O)NC(=S)Nc2ccc(C(=O)[O-])c(Cl)c2)cc1. The number of anilines is 1. The summed E-state index contributed by atoms with van der Waals surface area (Å²) in [6.45, 7) is 2.41. The summed E-state index contributed by atoms with van der Waals surface area (Å²) in [7, 11) is 0. The summed E-state index contributed by atoms with van der Waals surface area (Å²) in [5.74, 6) is -1.09.